The summed E-state index contributed by atoms with van der Waals surface area (Å²) in [6.45, 7) is 4.02. The maximum absolute atomic E-state index is 5.65. The zero-order chi connectivity index (χ0) is 22.2. The number of nitrogens with zero attached hydrogens (tertiary/aromatic N) is 1. The maximum Gasteiger partial charge on any atom is 0.150 e. The lowest BCUT2D eigenvalue weighted by molar-refractivity contribution is 0.195. The van der Waals surface area contributed by atoms with Crippen LogP contribution in [0.5, 0.6) is 0 Å². The molecule has 0 saturated carbocycles. The molecule has 0 aromatic heterocycles. The Morgan fingerprint density at radius 1 is 0.625 bits per heavy atom. The molecule has 32 heavy (non-hydrogen) atoms. The van der Waals surface area contributed by atoms with Gasteiger partial charge in [0.15, 0.2) is 0 Å². The molecule has 4 rings (SSSR count). The SMILES string of the molecule is COCCN(P(c1ccccc1)c1ccccc1)[P+](C)(c1ccccc1)c1ccccc1. The summed E-state index contributed by atoms with van der Waals surface area (Å²) in [6, 6.07) is 44.0. The third-order valence-corrected chi connectivity index (χ3v) is 13.3. The van der Waals surface area contributed by atoms with Crippen molar-refractivity contribution in [2.45, 2.75) is 0 Å². The van der Waals surface area contributed by atoms with Gasteiger partial charge in [-0.15, -0.1) is 4.44 Å². The van der Waals surface area contributed by atoms with Gasteiger partial charge in [0.1, 0.15) is 18.0 Å². The fourth-order valence-corrected chi connectivity index (χ4v) is 11.6. The molecule has 4 heteroatoms. The highest BCUT2D eigenvalue weighted by atomic mass is 31.2. The monoisotopic (exact) mass is 458 g/mol. The van der Waals surface area contributed by atoms with Crippen LogP contribution in [0, 0.1) is 0 Å². The van der Waals surface area contributed by atoms with Gasteiger partial charge < -0.3 is 4.74 Å². The average Bonchev–Trinajstić information content (AvgIpc) is 2.88. The largest absolute Gasteiger partial charge is 0.383 e. The van der Waals surface area contributed by atoms with Crippen LogP contribution in [0.3, 0.4) is 0 Å². The van der Waals surface area contributed by atoms with E-state index in [0.717, 1.165) is 6.54 Å². The summed E-state index contributed by atoms with van der Waals surface area (Å²) in [5.41, 5.74) is 0. The molecule has 0 heterocycles. The molecular formula is C28H30NOP2+. The van der Waals surface area contributed by atoms with Gasteiger partial charge in [-0.1, -0.05) is 97.1 Å². The maximum atomic E-state index is 5.65. The molecule has 0 aliphatic heterocycles. The lowest BCUT2D eigenvalue weighted by Gasteiger charge is -2.39. The zero-order valence-corrected chi connectivity index (χ0v) is 20.5. The fraction of sp³-hybridized carbons (Fsp3) is 0.143. The molecule has 0 bridgehead atoms. The molecule has 4 aromatic rings. The van der Waals surface area contributed by atoms with Gasteiger partial charge in [0, 0.05) is 7.11 Å². The highest BCUT2D eigenvalue weighted by molar-refractivity contribution is 7.94. The highest BCUT2D eigenvalue weighted by Gasteiger charge is 2.48. The van der Waals surface area contributed by atoms with E-state index in [9.17, 15) is 0 Å². The molecule has 0 amide bonds. The van der Waals surface area contributed by atoms with E-state index < -0.39 is 15.5 Å². The Balaban J connectivity index is 1.96. The smallest absolute Gasteiger partial charge is 0.150 e. The minimum atomic E-state index is -1.92. The number of hydrogen-bond acceptors (Lipinski definition) is 2. The van der Waals surface area contributed by atoms with Crippen molar-refractivity contribution >= 4 is 36.7 Å². The molecule has 0 fully saturated rings. The van der Waals surface area contributed by atoms with E-state index in [0.29, 0.717) is 6.61 Å². The Morgan fingerprint density at radius 3 is 1.38 bits per heavy atom. The first-order valence-electron chi connectivity index (χ1n) is 10.9. The van der Waals surface area contributed by atoms with E-state index in [4.69, 9.17) is 4.74 Å². The summed E-state index contributed by atoms with van der Waals surface area (Å²) in [4.78, 5) is 0. The first-order valence-corrected chi connectivity index (χ1v) is 14.4. The molecular weight excluding hydrogens is 428 g/mol. The predicted octanol–water partition coefficient (Wildman–Crippen LogP) is 5.20. The summed E-state index contributed by atoms with van der Waals surface area (Å²) < 4.78 is 8.41. The van der Waals surface area contributed by atoms with Gasteiger partial charge in [-0.05, 0) is 34.9 Å². The fourth-order valence-electron chi connectivity index (χ4n) is 4.06. The summed E-state index contributed by atoms with van der Waals surface area (Å²) in [6.07, 6.45) is 0. The van der Waals surface area contributed by atoms with Crippen LogP contribution in [-0.2, 0) is 4.74 Å². The second-order valence-electron chi connectivity index (χ2n) is 7.70. The van der Waals surface area contributed by atoms with Gasteiger partial charge in [-0.3, -0.25) is 0 Å². The highest BCUT2D eigenvalue weighted by Crippen LogP contribution is 2.65. The van der Waals surface area contributed by atoms with Crippen LogP contribution in [0.1, 0.15) is 0 Å². The van der Waals surface area contributed by atoms with Gasteiger partial charge in [0.2, 0.25) is 0 Å². The molecule has 0 unspecified atom stereocenters. The van der Waals surface area contributed by atoms with Crippen LogP contribution in [0.4, 0.5) is 0 Å². The van der Waals surface area contributed by atoms with Crippen LogP contribution < -0.4 is 21.2 Å². The van der Waals surface area contributed by atoms with Gasteiger partial charge in [-0.25, -0.2) is 0 Å². The van der Waals surface area contributed by atoms with Crippen LogP contribution in [0.2, 0.25) is 0 Å². The van der Waals surface area contributed by atoms with E-state index in [-0.39, 0.29) is 0 Å². The molecule has 0 N–H and O–H groups in total. The summed E-state index contributed by atoms with van der Waals surface area (Å²) in [7, 11) is -0.879. The van der Waals surface area contributed by atoms with Gasteiger partial charge in [0.25, 0.3) is 0 Å². The minimum Gasteiger partial charge on any atom is -0.383 e. The predicted molar refractivity (Wildman–Crippen MR) is 143 cm³/mol. The standard InChI is InChI=1S/C28H30NOP2/c1-30-24-23-29(31(25-15-7-3-8-16-25)26-17-9-4-10-18-26)32(2,27-19-11-5-12-20-27)28-21-13-6-14-22-28/h3-22H,23-24H2,1-2H3/q+1. The third-order valence-electron chi connectivity index (χ3n) is 5.71. The van der Waals surface area contributed by atoms with Crippen molar-refractivity contribution in [3.8, 4) is 0 Å². The Bertz CT molecular complexity index is 996. The molecule has 2 nitrogen and oxygen atoms in total. The van der Waals surface area contributed by atoms with Gasteiger partial charge in [-0.2, -0.15) is 0 Å². The number of benzene rings is 4. The number of hydrogen-bond donors (Lipinski definition) is 0. The number of methoxy groups -OCH3 is 1. The molecule has 0 saturated heterocycles. The number of ether oxygens (including phenoxy) is 1. The third kappa shape index (κ3) is 4.85. The Morgan fingerprint density at radius 2 is 1.00 bits per heavy atom. The second-order valence-corrected chi connectivity index (χ2v) is 13.6. The summed E-state index contributed by atoms with van der Waals surface area (Å²) in [5.74, 6) is 0. The second kappa shape index (κ2) is 11.0. The minimum absolute atomic E-state index is 0.688. The Labute approximate surface area is 194 Å². The molecule has 0 atom stereocenters. The first kappa shape index (κ1) is 22.8. The normalized spacial score (nSPS) is 11.8. The van der Waals surface area contributed by atoms with Crippen molar-refractivity contribution in [3.63, 3.8) is 0 Å². The van der Waals surface area contributed by atoms with Crippen molar-refractivity contribution in [1.82, 2.24) is 4.44 Å². The first-order chi connectivity index (χ1) is 15.7. The Hall–Kier alpha value is -2.34. The van der Waals surface area contributed by atoms with Crippen LogP contribution in [0.15, 0.2) is 121 Å². The van der Waals surface area contributed by atoms with Crippen molar-refractivity contribution in [2.75, 3.05) is 26.9 Å². The van der Waals surface area contributed by atoms with Crippen molar-refractivity contribution < 1.29 is 4.74 Å². The topological polar surface area (TPSA) is 12.5 Å². The molecule has 0 aliphatic carbocycles. The van der Waals surface area contributed by atoms with Gasteiger partial charge in [0.05, 0.1) is 27.9 Å². The average molecular weight is 459 g/mol. The molecule has 4 aromatic carbocycles. The zero-order valence-electron chi connectivity index (χ0n) is 18.7. The van der Waals surface area contributed by atoms with E-state index in [1.54, 1.807) is 7.11 Å². The van der Waals surface area contributed by atoms with E-state index in [1.807, 2.05) is 0 Å². The van der Waals surface area contributed by atoms with Crippen molar-refractivity contribution in [3.05, 3.63) is 121 Å². The molecule has 0 radical (unpaired) electrons. The molecule has 0 aliphatic rings. The van der Waals surface area contributed by atoms with E-state index in [2.05, 4.69) is 132 Å². The van der Waals surface area contributed by atoms with Crippen LogP contribution in [-0.4, -0.2) is 31.4 Å². The van der Waals surface area contributed by atoms with Crippen LogP contribution >= 0.6 is 15.5 Å². The number of rotatable bonds is 9. The lowest BCUT2D eigenvalue weighted by Crippen LogP contribution is -2.39. The lowest BCUT2D eigenvalue weighted by atomic mass is 10.4. The van der Waals surface area contributed by atoms with Gasteiger partial charge >= 0.3 is 0 Å². The molecule has 0 spiro atoms. The van der Waals surface area contributed by atoms with Crippen LogP contribution in [0.25, 0.3) is 0 Å². The summed E-state index contributed by atoms with van der Waals surface area (Å²) >= 11 is 0. The molecule has 162 valence electrons. The van der Waals surface area contributed by atoms with Crippen molar-refractivity contribution in [1.29, 1.82) is 0 Å². The quantitative estimate of drug-likeness (QED) is 0.320. The van der Waals surface area contributed by atoms with E-state index >= 15 is 0 Å². The summed E-state index contributed by atoms with van der Waals surface area (Å²) in [5, 5.41) is 5.51. The Kier molecular flexibility index (Phi) is 7.85. The van der Waals surface area contributed by atoms with Crippen molar-refractivity contribution in [2.24, 2.45) is 0 Å². The van der Waals surface area contributed by atoms with E-state index in [1.165, 1.54) is 21.2 Å².